The van der Waals surface area contributed by atoms with Crippen LogP contribution in [-0.4, -0.2) is 67.6 Å². The number of likely N-dealkylation sites (tertiary alicyclic amines) is 1. The molecular formula is C31H41NO6Si. The first kappa shape index (κ1) is 29.1. The summed E-state index contributed by atoms with van der Waals surface area (Å²) >= 11 is 0. The van der Waals surface area contributed by atoms with E-state index in [9.17, 15) is 15.0 Å². The van der Waals surface area contributed by atoms with Gasteiger partial charge in [-0.3, -0.25) is 0 Å². The van der Waals surface area contributed by atoms with Gasteiger partial charge in [-0.25, -0.2) is 4.79 Å². The third-order valence-corrected chi connectivity index (χ3v) is 10.3. The van der Waals surface area contributed by atoms with Crippen LogP contribution in [0.1, 0.15) is 36.0 Å². The number of benzene rings is 3. The highest BCUT2D eigenvalue weighted by Gasteiger charge is 2.33. The summed E-state index contributed by atoms with van der Waals surface area (Å²) in [6.45, 7) is 10.4. The predicted octanol–water partition coefficient (Wildman–Crippen LogP) is 6.05. The van der Waals surface area contributed by atoms with Crippen molar-refractivity contribution in [2.45, 2.75) is 63.8 Å². The van der Waals surface area contributed by atoms with Gasteiger partial charge in [0.2, 0.25) is 0 Å². The lowest BCUT2D eigenvalue weighted by Gasteiger charge is -2.37. The number of aliphatic hydroxyl groups excluding tert-OH is 1. The quantitative estimate of drug-likeness (QED) is 0.223. The molecule has 0 spiro atoms. The van der Waals surface area contributed by atoms with Crippen molar-refractivity contribution in [1.29, 1.82) is 0 Å². The van der Waals surface area contributed by atoms with Crippen LogP contribution in [0.3, 0.4) is 0 Å². The SMILES string of the molecule is CC(OCOc1cc(COC2CN(C(=O)O)CCC2c2ccc(CCO)cc2)cc2ccccc12)[Si](C)(C)C. The van der Waals surface area contributed by atoms with Crippen LogP contribution >= 0.6 is 0 Å². The van der Waals surface area contributed by atoms with Gasteiger partial charge in [-0.1, -0.05) is 68.2 Å². The zero-order chi connectivity index (χ0) is 28.0. The summed E-state index contributed by atoms with van der Waals surface area (Å²) < 4.78 is 18.6. The van der Waals surface area contributed by atoms with Crippen LogP contribution in [0, 0.1) is 0 Å². The fourth-order valence-electron chi connectivity index (χ4n) is 4.89. The first-order valence-corrected chi connectivity index (χ1v) is 17.3. The number of rotatable bonds is 11. The van der Waals surface area contributed by atoms with Crippen LogP contribution in [-0.2, 0) is 22.5 Å². The summed E-state index contributed by atoms with van der Waals surface area (Å²) in [5.74, 6) is 0.831. The lowest BCUT2D eigenvalue weighted by molar-refractivity contribution is -0.0202. The van der Waals surface area contributed by atoms with Crippen molar-refractivity contribution in [1.82, 2.24) is 4.90 Å². The van der Waals surface area contributed by atoms with Gasteiger partial charge in [0.15, 0.2) is 6.79 Å². The van der Waals surface area contributed by atoms with E-state index < -0.39 is 14.2 Å². The van der Waals surface area contributed by atoms with Gasteiger partial charge in [0.25, 0.3) is 0 Å². The van der Waals surface area contributed by atoms with Crippen LogP contribution in [0.5, 0.6) is 5.75 Å². The third-order valence-electron chi connectivity index (χ3n) is 7.74. The molecule has 210 valence electrons. The minimum atomic E-state index is -1.43. The molecule has 0 bridgehead atoms. The summed E-state index contributed by atoms with van der Waals surface area (Å²) in [6, 6.07) is 20.4. The number of carbonyl (C=O) groups is 1. The van der Waals surface area contributed by atoms with Crippen molar-refractivity contribution in [2.24, 2.45) is 0 Å². The van der Waals surface area contributed by atoms with E-state index >= 15 is 0 Å². The fraction of sp³-hybridized carbons (Fsp3) is 0.452. The highest BCUT2D eigenvalue weighted by Crippen LogP contribution is 2.33. The third kappa shape index (κ3) is 7.60. The second kappa shape index (κ2) is 13.0. The van der Waals surface area contributed by atoms with E-state index in [1.165, 1.54) is 4.90 Å². The first-order valence-electron chi connectivity index (χ1n) is 13.7. The van der Waals surface area contributed by atoms with Gasteiger partial charge in [0.05, 0.1) is 27.3 Å². The Hall–Kier alpha value is -2.91. The Morgan fingerprint density at radius 2 is 1.82 bits per heavy atom. The molecule has 0 saturated carbocycles. The molecule has 39 heavy (non-hydrogen) atoms. The molecule has 7 nitrogen and oxygen atoms in total. The Labute approximate surface area is 232 Å². The number of nitrogens with zero attached hydrogens (tertiary/aromatic N) is 1. The smallest absolute Gasteiger partial charge is 0.407 e. The lowest BCUT2D eigenvalue weighted by Crippen LogP contribution is -2.46. The van der Waals surface area contributed by atoms with Crippen LogP contribution in [0.15, 0.2) is 60.7 Å². The van der Waals surface area contributed by atoms with Gasteiger partial charge in [-0.05, 0) is 54.0 Å². The largest absolute Gasteiger partial charge is 0.467 e. The monoisotopic (exact) mass is 551 g/mol. The molecule has 1 saturated heterocycles. The molecule has 1 aliphatic rings. The van der Waals surface area contributed by atoms with Crippen molar-refractivity contribution in [3.05, 3.63) is 77.4 Å². The molecule has 0 radical (unpaired) electrons. The van der Waals surface area contributed by atoms with E-state index in [2.05, 4.69) is 50.8 Å². The average Bonchev–Trinajstić information content (AvgIpc) is 2.91. The average molecular weight is 552 g/mol. The molecule has 3 atom stereocenters. The number of amides is 1. The van der Waals surface area contributed by atoms with Crippen LogP contribution < -0.4 is 4.74 Å². The van der Waals surface area contributed by atoms with Gasteiger partial charge in [-0.15, -0.1) is 0 Å². The summed E-state index contributed by atoms with van der Waals surface area (Å²) in [7, 11) is -1.43. The number of carboxylic acid groups (broad SMARTS) is 1. The maximum atomic E-state index is 11.8. The molecule has 3 aromatic rings. The van der Waals surface area contributed by atoms with Gasteiger partial charge in [0, 0.05) is 30.2 Å². The first-order chi connectivity index (χ1) is 18.7. The molecule has 2 N–H and O–H groups in total. The number of aliphatic hydroxyl groups is 1. The van der Waals surface area contributed by atoms with Gasteiger partial charge >= 0.3 is 6.09 Å². The van der Waals surface area contributed by atoms with E-state index in [4.69, 9.17) is 14.2 Å². The number of hydrogen-bond acceptors (Lipinski definition) is 5. The molecule has 8 heteroatoms. The van der Waals surface area contributed by atoms with Gasteiger partial charge in [0.1, 0.15) is 5.75 Å². The van der Waals surface area contributed by atoms with Crippen molar-refractivity contribution in [3.63, 3.8) is 0 Å². The number of piperidine rings is 1. The highest BCUT2D eigenvalue weighted by atomic mass is 28.3. The molecule has 1 fully saturated rings. The maximum absolute atomic E-state index is 11.8. The van der Waals surface area contributed by atoms with Crippen molar-refractivity contribution in [2.75, 3.05) is 26.5 Å². The molecule has 3 aromatic carbocycles. The Morgan fingerprint density at radius 3 is 2.51 bits per heavy atom. The van der Waals surface area contributed by atoms with E-state index in [0.29, 0.717) is 32.5 Å². The van der Waals surface area contributed by atoms with Crippen molar-refractivity contribution < 1.29 is 29.2 Å². The molecule has 1 aliphatic heterocycles. The van der Waals surface area contributed by atoms with Gasteiger partial charge < -0.3 is 29.3 Å². The van der Waals surface area contributed by atoms with Crippen LogP contribution in [0.4, 0.5) is 4.79 Å². The second-order valence-electron chi connectivity index (χ2n) is 11.4. The number of fused-ring (bicyclic) bond motifs is 1. The topological polar surface area (TPSA) is 88.5 Å². The normalized spacial score (nSPS) is 18.7. The fourth-order valence-corrected chi connectivity index (χ4v) is 5.46. The predicted molar refractivity (Wildman–Crippen MR) is 156 cm³/mol. The zero-order valence-corrected chi connectivity index (χ0v) is 24.4. The standard InChI is InChI=1S/C31H41NO6Si/c1-22(39(2,3)4)37-21-38-29-18-24(17-26-7-5-6-8-27(26)29)20-36-30-19-32(31(34)35)15-13-28(30)25-11-9-23(10-12-25)14-16-33/h5-12,17-18,22,28,30,33H,13-16,19-21H2,1-4H3,(H,34,35). The molecule has 0 aromatic heterocycles. The minimum Gasteiger partial charge on any atom is -0.467 e. The second-order valence-corrected chi connectivity index (χ2v) is 17.0. The Balaban J connectivity index is 1.51. The molecular weight excluding hydrogens is 510 g/mol. The molecule has 1 amide bonds. The lowest BCUT2D eigenvalue weighted by atomic mass is 9.86. The molecule has 4 rings (SSSR count). The summed E-state index contributed by atoms with van der Waals surface area (Å²) in [4.78, 5) is 13.2. The molecule has 3 unspecified atom stereocenters. The minimum absolute atomic E-state index is 0.0800. The molecule has 0 aliphatic carbocycles. The van der Waals surface area contributed by atoms with E-state index in [0.717, 1.165) is 33.2 Å². The number of hydrogen-bond donors (Lipinski definition) is 2. The Kier molecular flexibility index (Phi) is 9.66. The van der Waals surface area contributed by atoms with Crippen molar-refractivity contribution in [3.8, 4) is 5.75 Å². The van der Waals surface area contributed by atoms with Crippen molar-refractivity contribution >= 4 is 24.9 Å². The summed E-state index contributed by atoms with van der Waals surface area (Å²) in [5, 5.41) is 20.9. The van der Waals surface area contributed by atoms with E-state index in [1.54, 1.807) is 0 Å². The van der Waals surface area contributed by atoms with Gasteiger partial charge in [-0.2, -0.15) is 0 Å². The summed E-state index contributed by atoms with van der Waals surface area (Å²) in [6.07, 6.45) is 0.103. The maximum Gasteiger partial charge on any atom is 0.407 e. The molecule has 1 heterocycles. The highest BCUT2D eigenvalue weighted by molar-refractivity contribution is 6.77. The number of ether oxygens (including phenoxy) is 3. The zero-order valence-electron chi connectivity index (χ0n) is 23.4. The Bertz CT molecular complexity index is 1240. The Morgan fingerprint density at radius 1 is 1.08 bits per heavy atom. The van der Waals surface area contributed by atoms with E-state index in [-0.39, 0.29) is 31.1 Å². The summed E-state index contributed by atoms with van der Waals surface area (Å²) in [5.41, 5.74) is 3.34. The van der Waals surface area contributed by atoms with Crippen LogP contribution in [0.2, 0.25) is 19.6 Å². The van der Waals surface area contributed by atoms with E-state index in [1.807, 2.05) is 36.4 Å². The van der Waals surface area contributed by atoms with Crippen LogP contribution in [0.25, 0.3) is 10.8 Å².